The van der Waals surface area contributed by atoms with E-state index in [0.29, 0.717) is 6.61 Å². The number of hydrogen-bond donors (Lipinski definition) is 2. The molecular formula is C20H21NO3. The fraction of sp³-hybridized carbons (Fsp3) is 0.250. The normalized spacial score (nSPS) is 11.0. The van der Waals surface area contributed by atoms with E-state index < -0.39 is 5.97 Å². The number of H-pyrrole nitrogens is 1. The second-order valence-electron chi connectivity index (χ2n) is 5.98. The minimum atomic E-state index is -0.842. The van der Waals surface area contributed by atoms with Crippen LogP contribution in [-0.4, -0.2) is 22.7 Å². The first-order chi connectivity index (χ1) is 11.5. The number of para-hydroxylation sites is 1. The van der Waals surface area contributed by atoms with Crippen LogP contribution in [0.5, 0.6) is 5.75 Å². The van der Waals surface area contributed by atoms with Crippen molar-refractivity contribution in [1.82, 2.24) is 4.98 Å². The van der Waals surface area contributed by atoms with Gasteiger partial charge in [-0.25, -0.2) is 0 Å². The topological polar surface area (TPSA) is 62.3 Å². The van der Waals surface area contributed by atoms with Crippen LogP contribution in [0.2, 0.25) is 0 Å². The summed E-state index contributed by atoms with van der Waals surface area (Å²) in [6, 6.07) is 11.9. The zero-order chi connectivity index (χ0) is 17.3. The number of ether oxygens (including phenoxy) is 1. The highest BCUT2D eigenvalue weighted by molar-refractivity contribution is 5.97. The molecule has 0 aliphatic carbocycles. The van der Waals surface area contributed by atoms with Crippen LogP contribution in [0.3, 0.4) is 0 Å². The standard InChI is InChI=1S/C20H21NO3/c1-4-24-17-8-6-5-7-14(17)20-15(11-18(22)23)19-13(3)9-12(2)10-16(19)21-20/h5-10,21H,4,11H2,1-3H3,(H,22,23). The van der Waals surface area contributed by atoms with Crippen molar-refractivity contribution in [2.45, 2.75) is 27.2 Å². The third-order valence-corrected chi connectivity index (χ3v) is 4.13. The first-order valence-corrected chi connectivity index (χ1v) is 8.07. The van der Waals surface area contributed by atoms with Crippen LogP contribution in [0.4, 0.5) is 0 Å². The fourth-order valence-electron chi connectivity index (χ4n) is 3.31. The maximum atomic E-state index is 11.4. The van der Waals surface area contributed by atoms with Gasteiger partial charge in [0.25, 0.3) is 0 Å². The number of aromatic amines is 1. The number of benzene rings is 2. The van der Waals surface area contributed by atoms with Gasteiger partial charge < -0.3 is 14.8 Å². The summed E-state index contributed by atoms with van der Waals surface area (Å²) in [6.07, 6.45) is -0.0281. The number of carbonyl (C=O) groups is 1. The molecule has 0 aliphatic heterocycles. The highest BCUT2D eigenvalue weighted by Crippen LogP contribution is 2.37. The summed E-state index contributed by atoms with van der Waals surface area (Å²) in [4.78, 5) is 14.9. The predicted octanol–water partition coefficient (Wildman–Crippen LogP) is 4.48. The van der Waals surface area contributed by atoms with Crippen molar-refractivity contribution in [2.24, 2.45) is 0 Å². The Bertz CT molecular complexity index is 909. The van der Waals surface area contributed by atoms with Gasteiger partial charge in [0.15, 0.2) is 0 Å². The van der Waals surface area contributed by atoms with Crippen LogP contribution in [0, 0.1) is 13.8 Å². The molecule has 1 heterocycles. The van der Waals surface area contributed by atoms with E-state index in [1.54, 1.807) is 0 Å². The molecule has 4 nitrogen and oxygen atoms in total. The summed E-state index contributed by atoms with van der Waals surface area (Å²) in [7, 11) is 0. The molecule has 0 atom stereocenters. The second-order valence-corrected chi connectivity index (χ2v) is 5.98. The highest BCUT2D eigenvalue weighted by Gasteiger charge is 2.19. The third kappa shape index (κ3) is 2.87. The molecule has 0 saturated heterocycles. The van der Waals surface area contributed by atoms with Crippen LogP contribution in [0.1, 0.15) is 23.6 Å². The monoisotopic (exact) mass is 323 g/mol. The van der Waals surface area contributed by atoms with E-state index in [-0.39, 0.29) is 6.42 Å². The highest BCUT2D eigenvalue weighted by atomic mass is 16.5. The van der Waals surface area contributed by atoms with Gasteiger partial charge in [-0.3, -0.25) is 4.79 Å². The Morgan fingerprint density at radius 2 is 1.96 bits per heavy atom. The van der Waals surface area contributed by atoms with Crippen molar-refractivity contribution < 1.29 is 14.6 Å². The SMILES string of the molecule is CCOc1ccccc1-c1[nH]c2cc(C)cc(C)c2c1CC(=O)O. The van der Waals surface area contributed by atoms with Crippen LogP contribution in [0.15, 0.2) is 36.4 Å². The van der Waals surface area contributed by atoms with Gasteiger partial charge in [-0.1, -0.05) is 18.2 Å². The number of aromatic nitrogens is 1. The molecule has 0 radical (unpaired) electrons. The van der Waals surface area contributed by atoms with E-state index in [9.17, 15) is 9.90 Å². The first kappa shape index (κ1) is 16.1. The summed E-state index contributed by atoms with van der Waals surface area (Å²) in [5.74, 6) is -0.0846. The number of aliphatic carboxylic acids is 1. The predicted molar refractivity (Wildman–Crippen MR) is 95.7 cm³/mol. The summed E-state index contributed by atoms with van der Waals surface area (Å²) in [5, 5.41) is 10.4. The van der Waals surface area contributed by atoms with Gasteiger partial charge in [0.1, 0.15) is 5.75 Å². The number of carboxylic acids is 1. The van der Waals surface area contributed by atoms with Gasteiger partial charge in [-0.05, 0) is 55.7 Å². The number of carboxylic acid groups (broad SMARTS) is 1. The third-order valence-electron chi connectivity index (χ3n) is 4.13. The molecule has 0 aliphatic rings. The zero-order valence-electron chi connectivity index (χ0n) is 14.1. The molecule has 0 unspecified atom stereocenters. The smallest absolute Gasteiger partial charge is 0.307 e. The molecule has 0 bridgehead atoms. The Labute approximate surface area is 141 Å². The second kappa shape index (κ2) is 6.40. The maximum Gasteiger partial charge on any atom is 0.307 e. The Morgan fingerprint density at radius 1 is 1.21 bits per heavy atom. The Morgan fingerprint density at radius 3 is 2.67 bits per heavy atom. The van der Waals surface area contributed by atoms with Crippen molar-refractivity contribution in [3.8, 4) is 17.0 Å². The van der Waals surface area contributed by atoms with Gasteiger partial charge >= 0.3 is 5.97 Å². The molecule has 1 aromatic heterocycles. The van der Waals surface area contributed by atoms with Crippen molar-refractivity contribution in [1.29, 1.82) is 0 Å². The molecule has 3 aromatic rings. The molecule has 0 fully saturated rings. The lowest BCUT2D eigenvalue weighted by molar-refractivity contribution is -0.136. The summed E-state index contributed by atoms with van der Waals surface area (Å²) in [6.45, 7) is 6.56. The molecular weight excluding hydrogens is 302 g/mol. The Balaban J connectivity index is 2.31. The molecule has 24 heavy (non-hydrogen) atoms. The van der Waals surface area contributed by atoms with Crippen molar-refractivity contribution in [2.75, 3.05) is 6.61 Å². The van der Waals surface area contributed by atoms with E-state index in [0.717, 1.165) is 44.6 Å². The number of rotatable bonds is 5. The van der Waals surface area contributed by atoms with Gasteiger partial charge in [-0.15, -0.1) is 0 Å². The first-order valence-electron chi connectivity index (χ1n) is 8.07. The van der Waals surface area contributed by atoms with Crippen LogP contribution in [0.25, 0.3) is 22.2 Å². The molecule has 0 saturated carbocycles. The molecule has 3 rings (SSSR count). The molecule has 0 amide bonds. The number of nitrogens with one attached hydrogen (secondary N) is 1. The Kier molecular flexibility index (Phi) is 4.30. The van der Waals surface area contributed by atoms with E-state index in [1.807, 2.05) is 45.0 Å². The lowest BCUT2D eigenvalue weighted by Gasteiger charge is -2.10. The van der Waals surface area contributed by atoms with Crippen molar-refractivity contribution in [3.63, 3.8) is 0 Å². The van der Waals surface area contributed by atoms with Crippen LogP contribution >= 0.6 is 0 Å². The molecule has 124 valence electrons. The summed E-state index contributed by atoms with van der Waals surface area (Å²) < 4.78 is 5.73. The summed E-state index contributed by atoms with van der Waals surface area (Å²) in [5.41, 5.74) is 5.71. The zero-order valence-corrected chi connectivity index (χ0v) is 14.1. The lowest BCUT2D eigenvalue weighted by Crippen LogP contribution is -2.02. The minimum absolute atomic E-state index is 0.0281. The van der Waals surface area contributed by atoms with E-state index >= 15 is 0 Å². The average molecular weight is 323 g/mol. The van der Waals surface area contributed by atoms with Gasteiger partial charge in [0, 0.05) is 16.5 Å². The summed E-state index contributed by atoms with van der Waals surface area (Å²) >= 11 is 0. The van der Waals surface area contributed by atoms with Gasteiger partial charge in [-0.2, -0.15) is 0 Å². The van der Waals surface area contributed by atoms with Crippen molar-refractivity contribution in [3.05, 3.63) is 53.1 Å². The maximum absolute atomic E-state index is 11.4. The lowest BCUT2D eigenvalue weighted by atomic mass is 9.98. The molecule has 2 aromatic carbocycles. The molecule has 2 N–H and O–H groups in total. The van der Waals surface area contributed by atoms with E-state index in [4.69, 9.17) is 4.74 Å². The van der Waals surface area contributed by atoms with Gasteiger partial charge in [0.05, 0.1) is 18.7 Å². The quantitative estimate of drug-likeness (QED) is 0.728. The fourth-order valence-corrected chi connectivity index (χ4v) is 3.31. The Hall–Kier alpha value is -2.75. The van der Waals surface area contributed by atoms with E-state index in [2.05, 4.69) is 17.1 Å². The van der Waals surface area contributed by atoms with Crippen molar-refractivity contribution >= 4 is 16.9 Å². The minimum Gasteiger partial charge on any atom is -0.493 e. The number of hydrogen-bond acceptors (Lipinski definition) is 2. The molecule has 0 spiro atoms. The number of fused-ring (bicyclic) bond motifs is 1. The van der Waals surface area contributed by atoms with Gasteiger partial charge in [0.2, 0.25) is 0 Å². The van der Waals surface area contributed by atoms with E-state index in [1.165, 1.54) is 0 Å². The number of aryl methyl sites for hydroxylation is 2. The van der Waals surface area contributed by atoms with Crippen LogP contribution < -0.4 is 4.74 Å². The largest absolute Gasteiger partial charge is 0.493 e. The van der Waals surface area contributed by atoms with Crippen LogP contribution in [-0.2, 0) is 11.2 Å². The average Bonchev–Trinajstić information content (AvgIpc) is 2.86. The molecule has 4 heteroatoms.